The van der Waals surface area contributed by atoms with Gasteiger partial charge in [0.15, 0.2) is 0 Å². The fourth-order valence-electron chi connectivity index (χ4n) is 3.35. The molecule has 1 saturated carbocycles. The lowest BCUT2D eigenvalue weighted by Crippen LogP contribution is -2.46. The van der Waals surface area contributed by atoms with Crippen LogP contribution in [0.1, 0.15) is 65.7 Å². The van der Waals surface area contributed by atoms with Crippen LogP contribution < -0.4 is 15.5 Å². The van der Waals surface area contributed by atoms with Gasteiger partial charge in [0.2, 0.25) is 17.7 Å². The molecule has 1 aliphatic rings. The normalized spacial score (nSPS) is 15.3. The van der Waals surface area contributed by atoms with Gasteiger partial charge in [0, 0.05) is 24.6 Å². The highest BCUT2D eigenvalue weighted by Gasteiger charge is 2.29. The van der Waals surface area contributed by atoms with Crippen LogP contribution in [0.5, 0.6) is 11.8 Å². The zero-order valence-corrected chi connectivity index (χ0v) is 18.3. The first kappa shape index (κ1) is 24.4. The van der Waals surface area contributed by atoms with Crippen LogP contribution in [0, 0.1) is 5.92 Å². The summed E-state index contributed by atoms with van der Waals surface area (Å²) in [5.74, 6) is -2.00. The number of unbranched alkanes of at least 4 members (excludes halogenated alkanes) is 1. The average molecular weight is 440 g/mol. The molecule has 1 aromatic heterocycles. The fourth-order valence-corrected chi connectivity index (χ4v) is 3.35. The van der Waals surface area contributed by atoms with E-state index in [-0.39, 0.29) is 18.2 Å². The molecular weight excluding hydrogens is 406 g/mol. The highest BCUT2D eigenvalue weighted by atomic mass is 16.7. The molecule has 10 nitrogen and oxygen atoms in total. The van der Waals surface area contributed by atoms with Crippen molar-refractivity contribution >= 4 is 18.0 Å². The van der Waals surface area contributed by atoms with E-state index in [1.807, 2.05) is 0 Å². The second-order valence-electron chi connectivity index (χ2n) is 8.72. The minimum Gasteiger partial charge on any atom is -0.492 e. The Bertz CT molecular complexity index is 744. The summed E-state index contributed by atoms with van der Waals surface area (Å²) in [6.45, 7) is 5.68. The minimum atomic E-state index is -0.948. The van der Waals surface area contributed by atoms with Crippen molar-refractivity contribution in [1.29, 1.82) is 0 Å². The van der Waals surface area contributed by atoms with Gasteiger partial charge < -0.3 is 30.4 Å². The van der Waals surface area contributed by atoms with Crippen LogP contribution in [0.3, 0.4) is 0 Å². The maximum Gasteiger partial charge on any atom is 0.407 e. The zero-order chi connectivity index (χ0) is 23.0. The number of carbonyl (C=O) groups excluding carboxylic acids is 3. The Balaban J connectivity index is 1.88. The molecule has 0 aromatic carbocycles. The molecule has 2 amide bonds. The molecule has 31 heavy (non-hydrogen) atoms. The Morgan fingerprint density at radius 1 is 1.13 bits per heavy atom. The first-order valence-electron chi connectivity index (χ1n) is 10.7. The molecule has 174 valence electrons. The minimum absolute atomic E-state index is 0.127. The molecule has 4 N–H and O–H groups in total. The van der Waals surface area contributed by atoms with Gasteiger partial charge in [-0.3, -0.25) is 4.79 Å². The van der Waals surface area contributed by atoms with Crippen molar-refractivity contribution in [3.63, 3.8) is 0 Å². The lowest BCUT2D eigenvalue weighted by molar-refractivity contribution is -0.150. The maximum absolute atomic E-state index is 12.6. The van der Waals surface area contributed by atoms with Crippen LogP contribution in [-0.2, 0) is 14.3 Å². The molecule has 1 heterocycles. The van der Waals surface area contributed by atoms with Crippen molar-refractivity contribution in [3.05, 3.63) is 12.1 Å². The topological polar surface area (TPSA) is 139 Å². The lowest BCUT2D eigenvalue weighted by atomic mass is 10.1. The average Bonchev–Trinajstić information content (AvgIpc) is 3.31. The van der Waals surface area contributed by atoms with Crippen molar-refractivity contribution in [1.82, 2.24) is 15.4 Å². The highest BCUT2D eigenvalue weighted by molar-refractivity contribution is 5.86. The maximum atomic E-state index is 12.6. The highest BCUT2D eigenvalue weighted by Crippen LogP contribution is 2.25. The van der Waals surface area contributed by atoms with E-state index >= 15 is 0 Å². The van der Waals surface area contributed by atoms with E-state index < -0.39 is 35.5 Å². The van der Waals surface area contributed by atoms with E-state index in [0.717, 1.165) is 25.7 Å². The Kier molecular flexibility index (Phi) is 8.58. The lowest BCUT2D eigenvalue weighted by Gasteiger charge is -2.20. The van der Waals surface area contributed by atoms with Crippen molar-refractivity contribution in [2.45, 2.75) is 77.4 Å². The summed E-state index contributed by atoms with van der Waals surface area (Å²) < 4.78 is 5.76. The molecule has 1 fully saturated rings. The first-order chi connectivity index (χ1) is 14.6. The van der Waals surface area contributed by atoms with Crippen molar-refractivity contribution < 1.29 is 34.2 Å². The van der Waals surface area contributed by atoms with Gasteiger partial charge >= 0.3 is 12.1 Å². The molecule has 1 aromatic rings. The number of hydrogen-bond acceptors (Lipinski definition) is 7. The van der Waals surface area contributed by atoms with E-state index in [1.165, 1.54) is 12.1 Å². The van der Waals surface area contributed by atoms with E-state index in [1.54, 1.807) is 20.8 Å². The molecule has 0 radical (unpaired) electrons. The number of alkyl carbamates (subject to hydrolysis) is 1. The van der Waals surface area contributed by atoms with Crippen molar-refractivity contribution in [2.75, 3.05) is 6.54 Å². The van der Waals surface area contributed by atoms with Crippen molar-refractivity contribution in [3.8, 4) is 11.8 Å². The van der Waals surface area contributed by atoms with E-state index in [0.29, 0.717) is 24.1 Å². The predicted octanol–water partition coefficient (Wildman–Crippen LogP) is 2.22. The summed E-state index contributed by atoms with van der Waals surface area (Å²) in [5, 5.41) is 24.7. The summed E-state index contributed by atoms with van der Waals surface area (Å²) in [4.78, 5) is 41.9. The number of nitrogens with one attached hydrogen (secondary N) is 2. The van der Waals surface area contributed by atoms with Gasteiger partial charge in [-0.25, -0.2) is 9.59 Å². The van der Waals surface area contributed by atoms with Crippen LogP contribution in [0.25, 0.3) is 0 Å². The summed E-state index contributed by atoms with van der Waals surface area (Å²) >= 11 is 0. The first-order valence-corrected chi connectivity index (χ1v) is 10.7. The Morgan fingerprint density at radius 2 is 1.74 bits per heavy atom. The molecular formula is C21H33N3O7. The third-order valence-electron chi connectivity index (χ3n) is 4.89. The van der Waals surface area contributed by atoms with Crippen LogP contribution in [0.2, 0.25) is 0 Å². The third kappa shape index (κ3) is 8.03. The number of amides is 2. The number of aromatic nitrogens is 1. The van der Waals surface area contributed by atoms with Gasteiger partial charge in [-0.2, -0.15) is 0 Å². The Labute approximate surface area is 181 Å². The molecule has 1 aliphatic carbocycles. The van der Waals surface area contributed by atoms with E-state index in [9.17, 15) is 24.6 Å². The Morgan fingerprint density at radius 3 is 2.32 bits per heavy atom. The number of rotatable bonds is 9. The molecule has 0 aliphatic heterocycles. The fraction of sp³-hybridized carbons (Fsp3) is 0.667. The molecule has 1 atom stereocenters. The van der Waals surface area contributed by atoms with Crippen LogP contribution in [0.4, 0.5) is 4.79 Å². The van der Waals surface area contributed by atoms with Gasteiger partial charge in [-0.05, 0) is 52.9 Å². The predicted molar refractivity (Wildman–Crippen MR) is 111 cm³/mol. The number of ether oxygens (including phenoxy) is 1. The zero-order valence-electron chi connectivity index (χ0n) is 18.3. The van der Waals surface area contributed by atoms with Gasteiger partial charge in [0.05, 0.1) is 0 Å². The third-order valence-corrected chi connectivity index (χ3v) is 4.89. The Hall–Kier alpha value is -2.91. The number of aromatic hydroxyl groups is 2. The summed E-state index contributed by atoms with van der Waals surface area (Å²) in [5.41, 5.74) is -0.584. The van der Waals surface area contributed by atoms with Crippen LogP contribution >= 0.6 is 0 Å². The number of hydrogen-bond donors (Lipinski definition) is 4. The molecule has 0 saturated heterocycles. The smallest absolute Gasteiger partial charge is 0.407 e. The molecule has 2 rings (SSSR count). The molecule has 0 spiro atoms. The van der Waals surface area contributed by atoms with Gasteiger partial charge in [0.1, 0.15) is 11.6 Å². The standard InChI is InChI=1S/C21H33N3O7/c1-21(2,3)30-20(29)22-13-7-6-10-15(23-18(27)14-8-4-5-9-14)19(28)31-24-16(25)11-12-17(24)26/h11-12,14-15,25-26H,4-10,13H2,1-3H3,(H,22,29)(H,23,27)/t15-/m0/s1. The quantitative estimate of drug-likeness (QED) is 0.433. The summed E-state index contributed by atoms with van der Waals surface area (Å²) in [6.07, 6.45) is 4.36. The monoisotopic (exact) mass is 439 g/mol. The van der Waals surface area contributed by atoms with Crippen LogP contribution in [0.15, 0.2) is 12.1 Å². The second kappa shape index (κ2) is 10.9. The molecule has 10 heteroatoms. The van der Waals surface area contributed by atoms with E-state index in [2.05, 4.69) is 10.6 Å². The van der Waals surface area contributed by atoms with Crippen molar-refractivity contribution in [2.24, 2.45) is 5.92 Å². The largest absolute Gasteiger partial charge is 0.492 e. The van der Waals surface area contributed by atoms with E-state index in [4.69, 9.17) is 9.57 Å². The van der Waals surface area contributed by atoms with Gasteiger partial charge in [-0.1, -0.05) is 12.8 Å². The second-order valence-corrected chi connectivity index (χ2v) is 8.72. The SMILES string of the molecule is CC(C)(C)OC(=O)NCCCC[C@H](NC(=O)C1CCCC1)C(=O)On1c(O)ccc1O. The van der Waals surface area contributed by atoms with Gasteiger partial charge in [0.25, 0.3) is 0 Å². The summed E-state index contributed by atoms with van der Waals surface area (Å²) in [7, 11) is 0. The van der Waals surface area contributed by atoms with Crippen LogP contribution in [-0.4, -0.2) is 51.1 Å². The molecule has 0 bridgehead atoms. The summed E-state index contributed by atoms with van der Waals surface area (Å²) in [6, 6.07) is 1.41. The van der Waals surface area contributed by atoms with Gasteiger partial charge in [-0.15, -0.1) is 4.73 Å². The number of carbonyl (C=O) groups is 3. The molecule has 0 unspecified atom stereocenters. The number of nitrogens with zero attached hydrogens (tertiary/aromatic N) is 1.